The minimum atomic E-state index is 0.0360. The minimum Gasteiger partial charge on any atom is -0.361 e. The quantitative estimate of drug-likeness (QED) is 0.865. The number of rotatable bonds is 5. The molecule has 2 aliphatic rings. The molecule has 0 spiro atoms. The number of hydrogen-bond donors (Lipinski definition) is 2. The van der Waals surface area contributed by atoms with Crippen LogP contribution < -0.4 is 10.6 Å². The molecule has 0 bridgehead atoms. The largest absolute Gasteiger partial charge is 0.361 e. The summed E-state index contributed by atoms with van der Waals surface area (Å²) in [5.41, 5.74) is 1.33. The van der Waals surface area contributed by atoms with Crippen molar-refractivity contribution in [1.82, 2.24) is 10.6 Å². The average Bonchev–Trinajstić information content (AvgIpc) is 3.15. The number of benzene rings is 1. The van der Waals surface area contributed by atoms with Crippen molar-refractivity contribution in [1.29, 1.82) is 0 Å². The summed E-state index contributed by atoms with van der Waals surface area (Å²) in [7, 11) is 0. The lowest BCUT2D eigenvalue weighted by Gasteiger charge is -2.09. The van der Waals surface area contributed by atoms with Gasteiger partial charge in [-0.2, -0.15) is 0 Å². The van der Waals surface area contributed by atoms with Gasteiger partial charge in [0.1, 0.15) is 6.54 Å². The molecule has 1 aliphatic heterocycles. The van der Waals surface area contributed by atoms with Crippen LogP contribution >= 0.6 is 11.8 Å². The number of thioether (sulfide) groups is 1. The van der Waals surface area contributed by atoms with Gasteiger partial charge in [0.05, 0.1) is 0 Å². The molecule has 1 aromatic rings. The van der Waals surface area contributed by atoms with Gasteiger partial charge >= 0.3 is 0 Å². The number of aliphatic imine (C=N–C) groups is 1. The summed E-state index contributed by atoms with van der Waals surface area (Å²) < 4.78 is 0. The summed E-state index contributed by atoms with van der Waals surface area (Å²) in [4.78, 5) is 15.9. The standard InChI is InChI=1S/C15H19N3OS/c19-14(17-12-6-7-12)9-16-15-18-13(10-20-15)8-11-4-2-1-3-5-11/h1-5,12-13H,6-10H2,(H,16,18)(H,17,19). The number of nitrogens with zero attached hydrogens (tertiary/aromatic N) is 1. The number of hydrogen-bond acceptors (Lipinski definition) is 3. The molecule has 1 atom stereocenters. The molecule has 1 heterocycles. The van der Waals surface area contributed by atoms with Crippen molar-refractivity contribution < 1.29 is 4.79 Å². The van der Waals surface area contributed by atoms with Gasteiger partial charge < -0.3 is 10.6 Å². The molecule has 1 aromatic carbocycles. The van der Waals surface area contributed by atoms with Crippen LogP contribution in [0.5, 0.6) is 0 Å². The van der Waals surface area contributed by atoms with Crippen molar-refractivity contribution in [3.63, 3.8) is 0 Å². The number of amides is 1. The molecule has 4 nitrogen and oxygen atoms in total. The normalized spacial score (nSPS) is 23.6. The fourth-order valence-electron chi connectivity index (χ4n) is 2.18. The molecule has 5 heteroatoms. The second kappa shape index (κ2) is 6.31. The predicted octanol–water partition coefficient (Wildman–Crippen LogP) is 1.57. The first-order valence-corrected chi connectivity index (χ1v) is 8.05. The maximum Gasteiger partial charge on any atom is 0.241 e. The maximum atomic E-state index is 11.6. The molecule has 1 aliphatic carbocycles. The minimum absolute atomic E-state index is 0.0360. The Kier molecular flexibility index (Phi) is 4.25. The van der Waals surface area contributed by atoms with Gasteiger partial charge in [0, 0.05) is 17.8 Å². The van der Waals surface area contributed by atoms with Gasteiger partial charge in [0.25, 0.3) is 0 Å². The van der Waals surface area contributed by atoms with Gasteiger partial charge in [0.15, 0.2) is 5.17 Å². The monoisotopic (exact) mass is 289 g/mol. The van der Waals surface area contributed by atoms with E-state index < -0.39 is 0 Å². The molecule has 0 aromatic heterocycles. The zero-order valence-corrected chi connectivity index (χ0v) is 12.2. The summed E-state index contributed by atoms with van der Waals surface area (Å²) >= 11 is 1.71. The van der Waals surface area contributed by atoms with Crippen molar-refractivity contribution in [2.75, 3.05) is 12.3 Å². The van der Waals surface area contributed by atoms with Crippen LogP contribution in [-0.4, -0.2) is 35.5 Å². The zero-order valence-electron chi connectivity index (χ0n) is 11.3. The van der Waals surface area contributed by atoms with E-state index in [1.54, 1.807) is 11.8 Å². The van der Waals surface area contributed by atoms with E-state index >= 15 is 0 Å². The van der Waals surface area contributed by atoms with Gasteiger partial charge in [-0.3, -0.25) is 9.79 Å². The zero-order chi connectivity index (χ0) is 13.8. The fourth-order valence-corrected chi connectivity index (χ4v) is 3.15. The van der Waals surface area contributed by atoms with E-state index in [1.807, 2.05) is 6.07 Å². The molecule has 1 saturated carbocycles. The smallest absolute Gasteiger partial charge is 0.241 e. The highest BCUT2D eigenvalue weighted by atomic mass is 32.2. The van der Waals surface area contributed by atoms with E-state index in [1.165, 1.54) is 5.56 Å². The molecule has 106 valence electrons. The molecule has 2 fully saturated rings. The Hall–Kier alpha value is -1.49. The summed E-state index contributed by atoms with van der Waals surface area (Å²) in [6, 6.07) is 11.3. The molecule has 1 amide bonds. The molecular formula is C15H19N3OS. The van der Waals surface area contributed by atoms with Crippen molar-refractivity contribution >= 4 is 22.8 Å². The molecule has 1 saturated heterocycles. The van der Waals surface area contributed by atoms with E-state index in [-0.39, 0.29) is 12.5 Å². The van der Waals surface area contributed by atoms with Crippen LogP contribution in [0, 0.1) is 0 Å². The van der Waals surface area contributed by atoms with Crippen LogP contribution in [0.1, 0.15) is 18.4 Å². The Bertz CT molecular complexity index is 499. The number of amidine groups is 1. The van der Waals surface area contributed by atoms with Gasteiger partial charge in [-0.15, -0.1) is 0 Å². The fraction of sp³-hybridized carbons (Fsp3) is 0.467. The van der Waals surface area contributed by atoms with Gasteiger partial charge in [-0.25, -0.2) is 0 Å². The SMILES string of the molecule is O=C(CN=C1NC(Cc2ccccc2)CS1)NC1CC1. The van der Waals surface area contributed by atoms with Gasteiger partial charge in [-0.1, -0.05) is 42.1 Å². The van der Waals surface area contributed by atoms with E-state index in [0.717, 1.165) is 30.2 Å². The van der Waals surface area contributed by atoms with Crippen molar-refractivity contribution in [2.45, 2.75) is 31.3 Å². The van der Waals surface area contributed by atoms with Crippen LogP contribution in [0.4, 0.5) is 0 Å². The summed E-state index contributed by atoms with van der Waals surface area (Å²) in [6.07, 6.45) is 3.24. The third kappa shape index (κ3) is 4.00. The summed E-state index contributed by atoms with van der Waals surface area (Å²) in [6.45, 7) is 0.240. The topological polar surface area (TPSA) is 53.5 Å². The molecule has 1 unspecified atom stereocenters. The van der Waals surface area contributed by atoms with E-state index in [0.29, 0.717) is 12.1 Å². The average molecular weight is 289 g/mol. The van der Waals surface area contributed by atoms with Crippen molar-refractivity contribution in [3.05, 3.63) is 35.9 Å². The van der Waals surface area contributed by atoms with Crippen LogP contribution in [0.15, 0.2) is 35.3 Å². The second-order valence-corrected chi connectivity index (χ2v) is 6.31. The Morgan fingerprint density at radius 2 is 2.15 bits per heavy atom. The van der Waals surface area contributed by atoms with Crippen LogP contribution in [0.2, 0.25) is 0 Å². The Morgan fingerprint density at radius 3 is 2.90 bits per heavy atom. The lowest BCUT2D eigenvalue weighted by atomic mass is 10.1. The first-order valence-electron chi connectivity index (χ1n) is 7.06. The van der Waals surface area contributed by atoms with Crippen LogP contribution in [-0.2, 0) is 11.2 Å². The highest BCUT2D eigenvalue weighted by Crippen LogP contribution is 2.19. The molecule has 3 rings (SSSR count). The summed E-state index contributed by atoms with van der Waals surface area (Å²) in [5.74, 6) is 1.05. The first-order chi connectivity index (χ1) is 9.79. The Morgan fingerprint density at radius 1 is 1.35 bits per heavy atom. The van der Waals surface area contributed by atoms with E-state index in [9.17, 15) is 4.79 Å². The van der Waals surface area contributed by atoms with Crippen LogP contribution in [0.3, 0.4) is 0 Å². The van der Waals surface area contributed by atoms with E-state index in [4.69, 9.17) is 0 Å². The molecule has 0 radical (unpaired) electrons. The van der Waals surface area contributed by atoms with Crippen LogP contribution in [0.25, 0.3) is 0 Å². The summed E-state index contributed by atoms with van der Waals surface area (Å²) in [5, 5.41) is 7.24. The number of carbonyl (C=O) groups is 1. The lowest BCUT2D eigenvalue weighted by molar-refractivity contribution is -0.119. The Labute approximate surface area is 123 Å². The lowest BCUT2D eigenvalue weighted by Crippen LogP contribution is -2.31. The van der Waals surface area contributed by atoms with E-state index in [2.05, 4.69) is 39.9 Å². The van der Waals surface area contributed by atoms with Gasteiger partial charge in [-0.05, 0) is 24.8 Å². The first kappa shape index (κ1) is 13.5. The maximum absolute atomic E-state index is 11.6. The molecule has 20 heavy (non-hydrogen) atoms. The van der Waals surface area contributed by atoms with Crippen molar-refractivity contribution in [2.24, 2.45) is 4.99 Å². The molecule has 2 N–H and O–H groups in total. The highest BCUT2D eigenvalue weighted by Gasteiger charge is 2.24. The highest BCUT2D eigenvalue weighted by molar-refractivity contribution is 8.14. The predicted molar refractivity (Wildman–Crippen MR) is 83.0 cm³/mol. The van der Waals surface area contributed by atoms with Crippen molar-refractivity contribution in [3.8, 4) is 0 Å². The number of nitrogens with one attached hydrogen (secondary N) is 2. The third-order valence-electron chi connectivity index (χ3n) is 3.38. The second-order valence-electron chi connectivity index (χ2n) is 5.31. The third-order valence-corrected chi connectivity index (χ3v) is 4.47. The van der Waals surface area contributed by atoms with Gasteiger partial charge in [0.2, 0.25) is 5.91 Å². The Balaban J connectivity index is 1.45. The number of carbonyl (C=O) groups excluding carboxylic acids is 1. The molecular weight excluding hydrogens is 270 g/mol.